The molecule has 5 nitrogen and oxygen atoms in total. The molecule has 1 heterocycles. The largest absolute Gasteiger partial charge is 0.355 e. The van der Waals surface area contributed by atoms with Gasteiger partial charge in [-0.2, -0.15) is 0 Å². The van der Waals surface area contributed by atoms with Crippen LogP contribution >= 0.6 is 0 Å². The zero-order valence-corrected chi connectivity index (χ0v) is 12.2. The van der Waals surface area contributed by atoms with Gasteiger partial charge in [-0.1, -0.05) is 13.8 Å². The van der Waals surface area contributed by atoms with Crippen LogP contribution in [-0.4, -0.2) is 48.9 Å². The minimum atomic E-state index is -0.0895. The van der Waals surface area contributed by atoms with E-state index in [1.54, 1.807) is 0 Å². The third-order valence-corrected chi connectivity index (χ3v) is 3.44. The lowest BCUT2D eigenvalue weighted by atomic mass is 10.2. The first-order valence-electron chi connectivity index (χ1n) is 7.47. The molecule has 0 radical (unpaired) electrons. The van der Waals surface area contributed by atoms with E-state index >= 15 is 0 Å². The summed E-state index contributed by atoms with van der Waals surface area (Å²) in [4.78, 5) is 25.2. The number of carbonyl (C=O) groups excluding carboxylic acids is 2. The van der Waals surface area contributed by atoms with E-state index in [1.165, 1.54) is 0 Å². The Morgan fingerprint density at radius 2 is 2.16 bits per heavy atom. The fraction of sp³-hybridized carbons (Fsp3) is 0.857. The van der Waals surface area contributed by atoms with Crippen molar-refractivity contribution in [3.05, 3.63) is 0 Å². The number of nitrogens with zero attached hydrogens (tertiary/aromatic N) is 1. The summed E-state index contributed by atoms with van der Waals surface area (Å²) in [6, 6.07) is -0.0895. The molecule has 2 amide bonds. The van der Waals surface area contributed by atoms with Crippen LogP contribution in [0.15, 0.2) is 0 Å². The Labute approximate surface area is 116 Å². The summed E-state index contributed by atoms with van der Waals surface area (Å²) in [5.41, 5.74) is 0. The van der Waals surface area contributed by atoms with Gasteiger partial charge >= 0.3 is 0 Å². The van der Waals surface area contributed by atoms with Crippen molar-refractivity contribution < 1.29 is 9.59 Å². The highest BCUT2D eigenvalue weighted by molar-refractivity contribution is 5.81. The number of hydrogen-bond acceptors (Lipinski definition) is 3. The minimum absolute atomic E-state index is 0.0729. The zero-order valence-electron chi connectivity index (χ0n) is 12.2. The molecule has 1 atom stereocenters. The van der Waals surface area contributed by atoms with E-state index in [0.717, 1.165) is 45.3 Å². The van der Waals surface area contributed by atoms with Crippen molar-refractivity contribution in [3.8, 4) is 0 Å². The first-order chi connectivity index (χ1) is 9.19. The normalized spacial score (nSPS) is 16.7. The molecule has 1 aliphatic heterocycles. The maximum atomic E-state index is 11.9. The summed E-state index contributed by atoms with van der Waals surface area (Å²) in [5, 5.41) is 6.17. The van der Waals surface area contributed by atoms with E-state index in [4.69, 9.17) is 0 Å². The molecule has 5 heteroatoms. The van der Waals surface area contributed by atoms with Crippen molar-refractivity contribution in [2.24, 2.45) is 0 Å². The molecule has 0 aliphatic carbocycles. The fourth-order valence-electron chi connectivity index (χ4n) is 2.29. The highest BCUT2D eigenvalue weighted by Crippen LogP contribution is 2.09. The summed E-state index contributed by atoms with van der Waals surface area (Å²) >= 11 is 0. The Balaban J connectivity index is 2.13. The van der Waals surface area contributed by atoms with Gasteiger partial charge in [-0.3, -0.25) is 9.59 Å². The Bertz CT molecular complexity index is 294. The molecule has 1 aliphatic rings. The van der Waals surface area contributed by atoms with Gasteiger partial charge in [0.2, 0.25) is 11.8 Å². The van der Waals surface area contributed by atoms with E-state index in [1.807, 2.05) is 11.8 Å². The topological polar surface area (TPSA) is 61.4 Å². The number of amides is 2. The van der Waals surface area contributed by atoms with E-state index < -0.39 is 0 Å². The van der Waals surface area contributed by atoms with Crippen molar-refractivity contribution in [1.29, 1.82) is 0 Å². The summed E-state index contributed by atoms with van der Waals surface area (Å²) in [5.74, 6) is 0.325. The second kappa shape index (κ2) is 8.91. The van der Waals surface area contributed by atoms with Crippen LogP contribution in [0.4, 0.5) is 0 Å². The average molecular weight is 269 g/mol. The zero-order chi connectivity index (χ0) is 14.1. The molecule has 0 aromatic heterocycles. The van der Waals surface area contributed by atoms with Crippen molar-refractivity contribution in [2.45, 2.75) is 52.0 Å². The first kappa shape index (κ1) is 16.0. The maximum Gasteiger partial charge on any atom is 0.237 e. The van der Waals surface area contributed by atoms with Crippen molar-refractivity contribution >= 4 is 11.8 Å². The van der Waals surface area contributed by atoms with Gasteiger partial charge in [-0.15, -0.1) is 0 Å². The van der Waals surface area contributed by atoms with Crippen LogP contribution in [0.3, 0.4) is 0 Å². The predicted octanol–water partition coefficient (Wildman–Crippen LogP) is 0.893. The Morgan fingerprint density at radius 1 is 1.37 bits per heavy atom. The molecule has 0 bridgehead atoms. The number of hydrogen-bond donors (Lipinski definition) is 2. The van der Waals surface area contributed by atoms with Gasteiger partial charge < -0.3 is 15.5 Å². The summed E-state index contributed by atoms with van der Waals surface area (Å²) in [6.45, 7) is 7.25. The van der Waals surface area contributed by atoms with Gasteiger partial charge in [0.05, 0.1) is 6.04 Å². The molecule has 1 unspecified atom stereocenters. The molecular formula is C14H27N3O2. The van der Waals surface area contributed by atoms with Crippen LogP contribution < -0.4 is 10.6 Å². The molecule has 0 aromatic rings. The number of likely N-dealkylation sites (tertiary alicyclic amines) is 1. The van der Waals surface area contributed by atoms with Gasteiger partial charge in [-0.25, -0.2) is 0 Å². The average Bonchev–Trinajstić information content (AvgIpc) is 2.81. The summed E-state index contributed by atoms with van der Waals surface area (Å²) < 4.78 is 0. The highest BCUT2D eigenvalue weighted by atomic mass is 16.2. The van der Waals surface area contributed by atoms with Crippen LogP contribution in [-0.2, 0) is 9.59 Å². The number of nitrogens with one attached hydrogen (secondary N) is 2. The van der Waals surface area contributed by atoms with Crippen LogP contribution in [0.2, 0.25) is 0 Å². The lowest BCUT2D eigenvalue weighted by Gasteiger charge is -2.18. The minimum Gasteiger partial charge on any atom is -0.355 e. The molecule has 1 fully saturated rings. The smallest absolute Gasteiger partial charge is 0.237 e. The third-order valence-electron chi connectivity index (χ3n) is 3.44. The van der Waals surface area contributed by atoms with Gasteiger partial charge in [-0.05, 0) is 32.2 Å². The van der Waals surface area contributed by atoms with E-state index in [9.17, 15) is 9.59 Å². The molecule has 0 aromatic carbocycles. The summed E-state index contributed by atoms with van der Waals surface area (Å²) in [7, 11) is 0. The van der Waals surface area contributed by atoms with Crippen LogP contribution in [0.1, 0.15) is 46.0 Å². The molecule has 110 valence electrons. The Morgan fingerprint density at radius 3 is 2.74 bits per heavy atom. The fourth-order valence-corrected chi connectivity index (χ4v) is 2.29. The van der Waals surface area contributed by atoms with Crippen LogP contribution in [0.5, 0.6) is 0 Å². The van der Waals surface area contributed by atoms with Crippen molar-refractivity contribution in [3.63, 3.8) is 0 Å². The van der Waals surface area contributed by atoms with Crippen molar-refractivity contribution in [2.75, 3.05) is 26.2 Å². The van der Waals surface area contributed by atoms with Gasteiger partial charge in [0.1, 0.15) is 0 Å². The van der Waals surface area contributed by atoms with E-state index in [0.29, 0.717) is 13.0 Å². The quantitative estimate of drug-likeness (QED) is 0.611. The molecule has 1 rings (SSSR count). The molecule has 0 saturated carbocycles. The lowest BCUT2D eigenvalue weighted by molar-refractivity contribution is -0.127. The molecule has 0 spiro atoms. The predicted molar refractivity (Wildman–Crippen MR) is 75.8 cm³/mol. The number of rotatable bonds is 9. The van der Waals surface area contributed by atoms with Crippen LogP contribution in [0, 0.1) is 0 Å². The van der Waals surface area contributed by atoms with E-state index in [2.05, 4.69) is 17.6 Å². The van der Waals surface area contributed by atoms with Gasteiger partial charge in [0.25, 0.3) is 0 Å². The monoisotopic (exact) mass is 269 g/mol. The third kappa shape index (κ3) is 5.59. The van der Waals surface area contributed by atoms with Crippen LogP contribution in [0.25, 0.3) is 0 Å². The molecule has 2 N–H and O–H groups in total. The van der Waals surface area contributed by atoms with E-state index in [-0.39, 0.29) is 17.9 Å². The standard InChI is InChI=1S/C14H27N3O2/c1-3-8-15-12(4-2)14(19)16-9-6-11-17-10-5-7-13(17)18/h12,15H,3-11H2,1-2H3,(H,16,19). The molecular weight excluding hydrogens is 242 g/mol. The second-order valence-electron chi connectivity index (χ2n) is 5.04. The molecule has 1 saturated heterocycles. The lowest BCUT2D eigenvalue weighted by Crippen LogP contribution is -2.44. The molecule has 19 heavy (non-hydrogen) atoms. The highest BCUT2D eigenvalue weighted by Gasteiger charge is 2.19. The van der Waals surface area contributed by atoms with Crippen molar-refractivity contribution in [1.82, 2.24) is 15.5 Å². The Hall–Kier alpha value is -1.10. The first-order valence-corrected chi connectivity index (χ1v) is 7.47. The summed E-state index contributed by atoms with van der Waals surface area (Å²) in [6.07, 6.45) is 4.33. The second-order valence-corrected chi connectivity index (χ2v) is 5.04. The SMILES string of the molecule is CCCNC(CC)C(=O)NCCCN1CCCC1=O. The van der Waals surface area contributed by atoms with Gasteiger partial charge in [0.15, 0.2) is 0 Å². The number of carbonyl (C=O) groups is 2. The Kier molecular flexibility index (Phi) is 7.48. The maximum absolute atomic E-state index is 11.9. The van der Waals surface area contributed by atoms with Gasteiger partial charge in [0, 0.05) is 26.1 Å².